The Kier molecular flexibility index (Phi) is 2.88. The van der Waals surface area contributed by atoms with Crippen LogP contribution < -0.4 is 5.73 Å². The van der Waals surface area contributed by atoms with Crippen molar-refractivity contribution in [3.05, 3.63) is 40.1 Å². The Morgan fingerprint density at radius 1 is 1.47 bits per heavy atom. The summed E-state index contributed by atoms with van der Waals surface area (Å²) in [5, 5.41) is 0. The molecule has 15 heavy (non-hydrogen) atoms. The average Bonchev–Trinajstić information content (AvgIpc) is 2.60. The number of nitrogens with two attached hydrogens (primary N) is 1. The molecule has 0 aliphatic rings. The normalized spacial score (nSPS) is 10.6. The van der Waals surface area contributed by atoms with E-state index in [2.05, 4.69) is 25.9 Å². The first-order valence-corrected chi connectivity index (χ1v) is 5.51. The molecule has 1 aromatic carbocycles. The molecule has 0 atom stereocenters. The summed E-state index contributed by atoms with van der Waals surface area (Å²) >= 11 is 3.44. The van der Waals surface area contributed by atoms with Crippen LogP contribution in [-0.4, -0.2) is 9.97 Å². The smallest absolute Gasteiger partial charge is 0.137 e. The summed E-state index contributed by atoms with van der Waals surface area (Å²) in [6.07, 6.45) is 0. The number of aromatic nitrogens is 2. The molecule has 2 rings (SSSR count). The highest BCUT2D eigenvalue weighted by Gasteiger charge is 2.06. The molecule has 0 bridgehead atoms. The topological polar surface area (TPSA) is 54.7 Å². The van der Waals surface area contributed by atoms with E-state index in [4.69, 9.17) is 5.73 Å². The molecule has 1 aromatic heterocycles. The van der Waals surface area contributed by atoms with Crippen molar-refractivity contribution in [2.24, 2.45) is 5.73 Å². The molecule has 0 aliphatic heterocycles. The molecule has 4 heteroatoms. The summed E-state index contributed by atoms with van der Waals surface area (Å²) in [5.41, 5.74) is 8.60. The lowest BCUT2D eigenvalue weighted by Gasteiger charge is -1.96. The average molecular weight is 266 g/mol. The fraction of sp³-hybridized carbons (Fsp3) is 0.182. The van der Waals surface area contributed by atoms with E-state index in [1.165, 1.54) is 0 Å². The number of aryl methyl sites for hydroxylation is 1. The largest absolute Gasteiger partial charge is 0.342 e. The quantitative estimate of drug-likeness (QED) is 0.877. The second-order valence-electron chi connectivity index (χ2n) is 3.37. The van der Waals surface area contributed by atoms with Crippen molar-refractivity contribution in [3.8, 4) is 11.4 Å². The van der Waals surface area contributed by atoms with E-state index in [-0.39, 0.29) is 0 Å². The van der Waals surface area contributed by atoms with Gasteiger partial charge in [0.1, 0.15) is 5.82 Å². The first-order chi connectivity index (χ1) is 7.20. The van der Waals surface area contributed by atoms with E-state index in [9.17, 15) is 0 Å². The van der Waals surface area contributed by atoms with Gasteiger partial charge in [0.15, 0.2) is 0 Å². The Morgan fingerprint density at radius 2 is 2.27 bits per heavy atom. The maximum Gasteiger partial charge on any atom is 0.137 e. The molecule has 0 spiro atoms. The Bertz CT molecular complexity index is 476. The zero-order valence-electron chi connectivity index (χ0n) is 8.42. The molecule has 0 amide bonds. The number of halogens is 1. The molecule has 0 aliphatic carbocycles. The highest BCUT2D eigenvalue weighted by molar-refractivity contribution is 9.10. The first-order valence-electron chi connectivity index (χ1n) is 4.72. The minimum Gasteiger partial charge on any atom is -0.342 e. The zero-order chi connectivity index (χ0) is 10.8. The van der Waals surface area contributed by atoms with Crippen LogP contribution in [0.15, 0.2) is 28.7 Å². The molecule has 78 valence electrons. The van der Waals surface area contributed by atoms with Gasteiger partial charge in [-0.25, -0.2) is 4.98 Å². The third-order valence-corrected chi connectivity index (χ3v) is 2.77. The van der Waals surface area contributed by atoms with Crippen LogP contribution in [0.3, 0.4) is 0 Å². The van der Waals surface area contributed by atoms with E-state index in [0.29, 0.717) is 6.54 Å². The van der Waals surface area contributed by atoms with E-state index in [1.54, 1.807) is 0 Å². The van der Waals surface area contributed by atoms with Gasteiger partial charge in [-0.1, -0.05) is 28.1 Å². The number of H-pyrrole nitrogens is 1. The van der Waals surface area contributed by atoms with Gasteiger partial charge in [0.05, 0.1) is 5.69 Å². The molecule has 3 nitrogen and oxygen atoms in total. The van der Waals surface area contributed by atoms with Gasteiger partial charge in [-0.2, -0.15) is 0 Å². The Balaban J connectivity index is 2.45. The van der Waals surface area contributed by atoms with E-state index < -0.39 is 0 Å². The molecule has 1 heterocycles. The highest BCUT2D eigenvalue weighted by Crippen LogP contribution is 2.21. The number of aromatic amines is 1. The van der Waals surface area contributed by atoms with Crippen molar-refractivity contribution in [2.75, 3.05) is 0 Å². The van der Waals surface area contributed by atoms with Gasteiger partial charge in [-0.05, 0) is 19.1 Å². The summed E-state index contributed by atoms with van der Waals surface area (Å²) in [6, 6.07) is 8.02. The van der Waals surface area contributed by atoms with Crippen molar-refractivity contribution in [2.45, 2.75) is 13.5 Å². The van der Waals surface area contributed by atoms with E-state index in [0.717, 1.165) is 27.2 Å². The van der Waals surface area contributed by atoms with Gasteiger partial charge in [-0.3, -0.25) is 0 Å². The molecule has 0 radical (unpaired) electrons. The van der Waals surface area contributed by atoms with Crippen LogP contribution in [-0.2, 0) is 6.54 Å². The van der Waals surface area contributed by atoms with Gasteiger partial charge in [-0.15, -0.1) is 0 Å². The maximum absolute atomic E-state index is 5.58. The van der Waals surface area contributed by atoms with Crippen molar-refractivity contribution in [1.29, 1.82) is 0 Å². The zero-order valence-corrected chi connectivity index (χ0v) is 10.0. The molecule has 0 unspecified atom stereocenters. The number of nitrogens with zero attached hydrogens (tertiary/aromatic N) is 1. The third-order valence-electron chi connectivity index (χ3n) is 2.28. The number of imidazole rings is 1. The molecule has 0 fully saturated rings. The van der Waals surface area contributed by atoms with Crippen LogP contribution in [0.1, 0.15) is 11.4 Å². The molecule has 3 N–H and O–H groups in total. The number of rotatable bonds is 2. The minimum absolute atomic E-state index is 0.469. The fourth-order valence-electron chi connectivity index (χ4n) is 1.47. The van der Waals surface area contributed by atoms with Crippen molar-refractivity contribution in [3.63, 3.8) is 0 Å². The Morgan fingerprint density at radius 3 is 2.87 bits per heavy atom. The van der Waals surface area contributed by atoms with E-state index in [1.807, 2.05) is 31.2 Å². The monoisotopic (exact) mass is 265 g/mol. The van der Waals surface area contributed by atoms with Crippen LogP contribution in [0.5, 0.6) is 0 Å². The SMILES string of the molecule is Cc1[nH]c(-c2cccc(Br)c2)nc1CN. The fourth-order valence-corrected chi connectivity index (χ4v) is 1.87. The molecular formula is C11H12BrN3. The van der Waals surface area contributed by atoms with Crippen LogP contribution in [0, 0.1) is 6.92 Å². The number of benzene rings is 1. The molecule has 0 saturated carbocycles. The summed E-state index contributed by atoms with van der Waals surface area (Å²) in [5.74, 6) is 0.870. The van der Waals surface area contributed by atoms with Crippen molar-refractivity contribution >= 4 is 15.9 Å². The standard InChI is InChI=1S/C11H12BrN3/c1-7-10(6-13)15-11(14-7)8-3-2-4-9(12)5-8/h2-5H,6,13H2,1H3,(H,14,15). The second-order valence-corrected chi connectivity index (χ2v) is 4.29. The summed E-state index contributed by atoms with van der Waals surface area (Å²) < 4.78 is 1.04. The highest BCUT2D eigenvalue weighted by atomic mass is 79.9. The summed E-state index contributed by atoms with van der Waals surface area (Å²) in [6.45, 7) is 2.45. The molecular weight excluding hydrogens is 254 g/mol. The lowest BCUT2D eigenvalue weighted by molar-refractivity contribution is 0.993. The molecule has 2 aromatic rings. The van der Waals surface area contributed by atoms with Gasteiger partial charge >= 0.3 is 0 Å². The van der Waals surface area contributed by atoms with Gasteiger partial charge in [0.25, 0.3) is 0 Å². The van der Waals surface area contributed by atoms with Crippen molar-refractivity contribution < 1.29 is 0 Å². The Hall–Kier alpha value is -1.13. The Labute approximate surface area is 96.9 Å². The predicted octanol–water partition coefficient (Wildman–Crippen LogP) is 2.61. The minimum atomic E-state index is 0.469. The van der Waals surface area contributed by atoms with Gasteiger partial charge < -0.3 is 10.7 Å². The molecule has 0 saturated heterocycles. The van der Waals surface area contributed by atoms with Crippen LogP contribution in [0.25, 0.3) is 11.4 Å². The third kappa shape index (κ3) is 2.11. The van der Waals surface area contributed by atoms with Crippen LogP contribution in [0.4, 0.5) is 0 Å². The predicted molar refractivity (Wildman–Crippen MR) is 64.4 cm³/mol. The lowest BCUT2D eigenvalue weighted by Crippen LogP contribution is -1.98. The first kappa shape index (κ1) is 10.4. The maximum atomic E-state index is 5.58. The lowest BCUT2D eigenvalue weighted by atomic mass is 10.2. The number of hydrogen-bond acceptors (Lipinski definition) is 2. The number of hydrogen-bond donors (Lipinski definition) is 2. The second kappa shape index (κ2) is 4.16. The van der Waals surface area contributed by atoms with Crippen molar-refractivity contribution in [1.82, 2.24) is 9.97 Å². The number of nitrogens with one attached hydrogen (secondary N) is 1. The van der Waals surface area contributed by atoms with Crippen LogP contribution >= 0.6 is 15.9 Å². The van der Waals surface area contributed by atoms with Gasteiger partial charge in [0, 0.05) is 22.3 Å². The summed E-state index contributed by atoms with van der Waals surface area (Å²) in [4.78, 5) is 7.67. The summed E-state index contributed by atoms with van der Waals surface area (Å²) in [7, 11) is 0. The van der Waals surface area contributed by atoms with Crippen LogP contribution in [0.2, 0.25) is 0 Å². The van der Waals surface area contributed by atoms with E-state index >= 15 is 0 Å². The van der Waals surface area contributed by atoms with Gasteiger partial charge in [0.2, 0.25) is 0 Å².